The predicted octanol–water partition coefficient (Wildman–Crippen LogP) is -0.196. The fraction of sp³-hybridized carbons (Fsp3) is 0.400. The molecule has 0 aliphatic carbocycles. The number of ether oxygens (including phenoxy) is 1. The molecule has 2 N–H and O–H groups in total. The van der Waals surface area contributed by atoms with E-state index in [4.69, 9.17) is 4.74 Å². The van der Waals surface area contributed by atoms with E-state index < -0.39 is 30.6 Å². The normalized spacial score (nSPS) is 11.6. The van der Waals surface area contributed by atoms with Crippen LogP contribution in [0.2, 0.25) is 0 Å². The van der Waals surface area contributed by atoms with Crippen LogP contribution >= 0.6 is 0 Å². The number of alkyl carbamates (subject to hydrolysis) is 1. The van der Waals surface area contributed by atoms with Gasteiger partial charge in [0.2, 0.25) is 5.91 Å². The summed E-state index contributed by atoms with van der Waals surface area (Å²) in [5.74, 6) is -2.23. The van der Waals surface area contributed by atoms with Gasteiger partial charge in [-0.15, -0.1) is 0 Å². The number of rotatable bonds is 7. The zero-order valence-electron chi connectivity index (χ0n) is 12.5. The topological polar surface area (TPSA) is 108 Å². The van der Waals surface area contributed by atoms with Crippen molar-refractivity contribution in [1.82, 2.24) is 10.6 Å². The minimum Gasteiger partial charge on any atom is -0.548 e. The minimum absolute atomic E-state index is 0.0815. The molecule has 0 aromatic heterocycles. The lowest BCUT2D eigenvalue weighted by molar-refractivity contribution is -0.304. The molecule has 0 saturated carbocycles. The van der Waals surface area contributed by atoms with Crippen molar-refractivity contribution >= 4 is 18.0 Å². The van der Waals surface area contributed by atoms with Crippen LogP contribution in [0.15, 0.2) is 30.3 Å². The van der Waals surface area contributed by atoms with Gasteiger partial charge >= 0.3 is 6.09 Å². The lowest BCUT2D eigenvalue weighted by Crippen LogP contribution is -2.51. The zero-order valence-corrected chi connectivity index (χ0v) is 12.5. The third-order valence-electron chi connectivity index (χ3n) is 2.84. The monoisotopic (exact) mass is 307 g/mol. The van der Waals surface area contributed by atoms with Crippen molar-refractivity contribution < 1.29 is 24.2 Å². The smallest absolute Gasteiger partial charge is 0.408 e. The highest BCUT2D eigenvalue weighted by Gasteiger charge is 2.24. The number of carbonyl (C=O) groups is 3. The first-order chi connectivity index (χ1) is 10.4. The molecule has 1 rings (SSSR count). The van der Waals surface area contributed by atoms with Crippen LogP contribution in [0, 0.1) is 5.92 Å². The Morgan fingerprint density at radius 3 is 2.36 bits per heavy atom. The van der Waals surface area contributed by atoms with Gasteiger partial charge in [-0.2, -0.15) is 0 Å². The quantitative estimate of drug-likeness (QED) is 0.725. The molecule has 1 aromatic rings. The first-order valence-electron chi connectivity index (χ1n) is 6.85. The summed E-state index contributed by atoms with van der Waals surface area (Å²) >= 11 is 0. The highest BCUT2D eigenvalue weighted by Crippen LogP contribution is 2.04. The Morgan fingerprint density at radius 1 is 1.18 bits per heavy atom. The summed E-state index contributed by atoms with van der Waals surface area (Å²) in [5.41, 5.74) is 0.820. The Kier molecular flexibility index (Phi) is 6.88. The Morgan fingerprint density at radius 2 is 1.82 bits per heavy atom. The number of aliphatic carboxylic acids is 1. The summed E-state index contributed by atoms with van der Waals surface area (Å²) in [4.78, 5) is 33.9. The summed E-state index contributed by atoms with van der Waals surface area (Å²) in [6.07, 6.45) is -0.744. The van der Waals surface area contributed by atoms with E-state index >= 15 is 0 Å². The van der Waals surface area contributed by atoms with Crippen molar-refractivity contribution in [1.29, 1.82) is 0 Å². The van der Waals surface area contributed by atoms with E-state index in [9.17, 15) is 19.5 Å². The maximum atomic E-state index is 11.8. The number of carboxylic acid groups (broad SMARTS) is 1. The molecular weight excluding hydrogens is 288 g/mol. The van der Waals surface area contributed by atoms with Crippen LogP contribution in [-0.4, -0.2) is 30.6 Å². The summed E-state index contributed by atoms with van der Waals surface area (Å²) < 4.78 is 5.03. The van der Waals surface area contributed by atoms with Crippen LogP contribution in [0.1, 0.15) is 19.4 Å². The molecule has 0 aliphatic heterocycles. The van der Waals surface area contributed by atoms with Crippen LogP contribution in [0.3, 0.4) is 0 Å². The summed E-state index contributed by atoms with van der Waals surface area (Å²) in [6.45, 7) is 2.92. The van der Waals surface area contributed by atoms with E-state index in [2.05, 4.69) is 10.6 Å². The first kappa shape index (κ1) is 17.5. The molecule has 0 unspecified atom stereocenters. The maximum absolute atomic E-state index is 11.8. The van der Waals surface area contributed by atoms with Gasteiger partial charge < -0.3 is 25.3 Å². The highest BCUT2D eigenvalue weighted by molar-refractivity contribution is 5.87. The Hall–Kier alpha value is -2.57. The second-order valence-corrected chi connectivity index (χ2v) is 5.02. The van der Waals surface area contributed by atoms with E-state index in [0.717, 1.165) is 5.56 Å². The fourth-order valence-electron chi connectivity index (χ4n) is 1.70. The van der Waals surface area contributed by atoms with E-state index in [1.807, 2.05) is 18.2 Å². The molecular formula is C15H19N2O5-. The summed E-state index contributed by atoms with van der Waals surface area (Å²) in [5, 5.41) is 14.9. The fourth-order valence-corrected chi connectivity index (χ4v) is 1.70. The van der Waals surface area contributed by atoms with Gasteiger partial charge in [0, 0.05) is 0 Å². The Balaban J connectivity index is 2.50. The van der Waals surface area contributed by atoms with Crippen molar-refractivity contribution in [3.63, 3.8) is 0 Å². The van der Waals surface area contributed by atoms with Gasteiger partial charge in [0.1, 0.15) is 12.6 Å². The maximum Gasteiger partial charge on any atom is 0.408 e. The highest BCUT2D eigenvalue weighted by atomic mass is 16.5. The average Bonchev–Trinajstić information content (AvgIpc) is 2.49. The minimum atomic E-state index is -1.40. The molecule has 0 heterocycles. The van der Waals surface area contributed by atoms with Crippen LogP contribution in [0.4, 0.5) is 4.79 Å². The van der Waals surface area contributed by atoms with E-state index in [1.54, 1.807) is 26.0 Å². The lowest BCUT2D eigenvalue weighted by atomic mass is 10.0. The molecule has 22 heavy (non-hydrogen) atoms. The van der Waals surface area contributed by atoms with Gasteiger partial charge in [-0.25, -0.2) is 4.79 Å². The van der Waals surface area contributed by atoms with Crippen molar-refractivity contribution in [2.24, 2.45) is 5.92 Å². The third-order valence-corrected chi connectivity index (χ3v) is 2.84. The number of nitrogens with one attached hydrogen (secondary N) is 2. The molecule has 0 radical (unpaired) electrons. The van der Waals surface area contributed by atoms with Crippen molar-refractivity contribution in [2.45, 2.75) is 26.5 Å². The van der Waals surface area contributed by atoms with Gasteiger partial charge in [0.15, 0.2) is 0 Å². The van der Waals surface area contributed by atoms with E-state index in [0.29, 0.717) is 0 Å². The van der Waals surface area contributed by atoms with Crippen molar-refractivity contribution in [3.8, 4) is 0 Å². The predicted molar refractivity (Wildman–Crippen MR) is 76.4 cm³/mol. The van der Waals surface area contributed by atoms with E-state index in [-0.39, 0.29) is 12.5 Å². The summed E-state index contributed by atoms with van der Waals surface area (Å²) in [7, 11) is 0. The second kappa shape index (κ2) is 8.66. The molecule has 1 aromatic carbocycles. The molecule has 0 saturated heterocycles. The van der Waals surface area contributed by atoms with Crippen molar-refractivity contribution in [2.75, 3.05) is 6.54 Å². The van der Waals surface area contributed by atoms with E-state index in [1.165, 1.54) is 0 Å². The molecule has 0 spiro atoms. The molecule has 2 amide bonds. The molecule has 0 fully saturated rings. The largest absolute Gasteiger partial charge is 0.548 e. The third kappa shape index (κ3) is 6.25. The van der Waals surface area contributed by atoms with Crippen LogP contribution in [0.5, 0.6) is 0 Å². The number of amides is 2. The summed E-state index contributed by atoms with van der Waals surface area (Å²) in [6, 6.07) is 8.21. The zero-order chi connectivity index (χ0) is 16.5. The van der Waals surface area contributed by atoms with Crippen LogP contribution < -0.4 is 15.7 Å². The Labute approximate surface area is 128 Å². The number of benzene rings is 1. The van der Waals surface area contributed by atoms with Gasteiger partial charge in [-0.3, -0.25) is 4.79 Å². The number of carboxylic acids is 1. The number of carbonyl (C=O) groups excluding carboxylic acids is 3. The van der Waals surface area contributed by atoms with Crippen molar-refractivity contribution in [3.05, 3.63) is 35.9 Å². The van der Waals surface area contributed by atoms with Gasteiger partial charge in [0.25, 0.3) is 0 Å². The standard InChI is InChI=1S/C15H20N2O5/c1-10(2)13(14(20)16-8-12(18)19)17-15(21)22-9-11-6-4-3-5-7-11/h3-7,10,13H,8-9H2,1-2H3,(H,16,20)(H,17,21)(H,18,19)/p-1/t13-/m0/s1. The Bertz CT molecular complexity index is 516. The lowest BCUT2D eigenvalue weighted by Gasteiger charge is -2.21. The molecule has 0 bridgehead atoms. The van der Waals surface area contributed by atoms with Gasteiger partial charge in [0.05, 0.1) is 12.5 Å². The number of hydrogen-bond donors (Lipinski definition) is 2. The molecule has 7 heteroatoms. The molecule has 120 valence electrons. The van der Waals surface area contributed by atoms with Gasteiger partial charge in [-0.05, 0) is 11.5 Å². The van der Waals surface area contributed by atoms with Crippen LogP contribution in [-0.2, 0) is 20.9 Å². The molecule has 1 atom stereocenters. The molecule has 7 nitrogen and oxygen atoms in total. The second-order valence-electron chi connectivity index (χ2n) is 5.02. The first-order valence-corrected chi connectivity index (χ1v) is 6.85. The number of hydrogen-bond acceptors (Lipinski definition) is 5. The SMILES string of the molecule is CC(C)[C@H](NC(=O)OCc1ccccc1)C(=O)NCC(=O)[O-]. The van der Waals surface area contributed by atoms with Gasteiger partial charge in [-0.1, -0.05) is 44.2 Å². The van der Waals surface area contributed by atoms with Crippen LogP contribution in [0.25, 0.3) is 0 Å². The molecule has 0 aliphatic rings. The average molecular weight is 307 g/mol.